The second-order valence-electron chi connectivity index (χ2n) is 6.57. The molecule has 0 heterocycles. The smallest absolute Gasteiger partial charge is 0.103 e. The Hall–Kier alpha value is -0.0700. The Morgan fingerprint density at radius 1 is 0.619 bits per heavy atom. The molecule has 1 heteroatoms. The van der Waals surface area contributed by atoms with Crippen molar-refractivity contribution >= 4 is 0 Å². The first-order valence-electron chi connectivity index (χ1n) is 9.78. The van der Waals surface area contributed by atoms with Crippen molar-refractivity contribution in [3.8, 4) is 0 Å². The van der Waals surface area contributed by atoms with Crippen LogP contribution in [0.15, 0.2) is 0 Å². The van der Waals surface area contributed by atoms with Crippen LogP contribution in [0.5, 0.6) is 0 Å². The summed E-state index contributed by atoms with van der Waals surface area (Å²) in [6.45, 7) is 4.48. The Morgan fingerprint density at radius 3 is 1.57 bits per heavy atom. The van der Waals surface area contributed by atoms with Gasteiger partial charge in [-0.3, -0.25) is 0 Å². The first-order chi connectivity index (χ1) is 10.3. The molecule has 0 aliphatic carbocycles. The number of unbranched alkanes of at least 4 members (excludes halogenated alkanes) is 13. The first-order valence-corrected chi connectivity index (χ1v) is 9.78. The summed E-state index contributed by atoms with van der Waals surface area (Å²) in [7, 11) is 0. The zero-order chi connectivity index (χ0) is 15.6. The number of hydrogen-bond acceptors (Lipinski definition) is 0. The van der Waals surface area contributed by atoms with E-state index < -0.39 is 6.17 Å². The molecule has 1 unspecified atom stereocenters. The largest absolute Gasteiger partial charge is 0.247 e. The third-order valence-electron chi connectivity index (χ3n) is 4.31. The maximum absolute atomic E-state index is 13.6. The van der Waals surface area contributed by atoms with E-state index in [0.717, 1.165) is 19.3 Å². The molecule has 0 aliphatic rings. The molecule has 0 aromatic carbocycles. The van der Waals surface area contributed by atoms with Gasteiger partial charge in [0.05, 0.1) is 0 Å². The monoisotopic (exact) mass is 299 g/mol. The fourth-order valence-corrected chi connectivity index (χ4v) is 2.81. The second-order valence-corrected chi connectivity index (χ2v) is 6.57. The van der Waals surface area contributed by atoms with Crippen LogP contribution < -0.4 is 0 Å². The van der Waals surface area contributed by atoms with E-state index in [2.05, 4.69) is 13.8 Å². The van der Waals surface area contributed by atoms with E-state index in [1.54, 1.807) is 0 Å². The molecule has 0 saturated carbocycles. The van der Waals surface area contributed by atoms with Crippen LogP contribution in [0.2, 0.25) is 0 Å². The van der Waals surface area contributed by atoms with Gasteiger partial charge in [0, 0.05) is 0 Å². The quantitative estimate of drug-likeness (QED) is 0.240. The molecule has 0 saturated heterocycles. The highest BCUT2D eigenvalue weighted by Crippen LogP contribution is 2.16. The van der Waals surface area contributed by atoms with Crippen LogP contribution in [0.3, 0.4) is 0 Å². The molecule has 1 radical (unpaired) electrons. The predicted molar refractivity (Wildman–Crippen MR) is 94.4 cm³/mol. The molecule has 0 aromatic heterocycles. The zero-order valence-corrected chi connectivity index (χ0v) is 14.8. The lowest BCUT2D eigenvalue weighted by molar-refractivity contribution is 0.334. The summed E-state index contributed by atoms with van der Waals surface area (Å²) in [6, 6.07) is 0. The molecule has 0 spiro atoms. The standard InChI is InChI=1S/C20H40F/c1-3-5-7-9-10-11-12-13-15-17-19-20(21)18-16-14-8-6-4-2/h19-20H,3-18H2,1-2H3. The van der Waals surface area contributed by atoms with Crippen molar-refractivity contribution in [2.45, 2.75) is 123 Å². The molecule has 0 aliphatic heterocycles. The summed E-state index contributed by atoms with van der Waals surface area (Å²) in [4.78, 5) is 0. The third kappa shape index (κ3) is 17.9. The van der Waals surface area contributed by atoms with Gasteiger partial charge in [0.2, 0.25) is 0 Å². The molecule has 0 aromatic rings. The van der Waals surface area contributed by atoms with Crippen molar-refractivity contribution in [3.63, 3.8) is 0 Å². The maximum atomic E-state index is 13.6. The summed E-state index contributed by atoms with van der Waals surface area (Å²) in [6.07, 6.45) is 21.2. The Kier molecular flexibility index (Phi) is 17.9. The number of halogens is 1. The lowest BCUT2D eigenvalue weighted by Gasteiger charge is -2.07. The molecule has 0 nitrogen and oxygen atoms in total. The molecule has 0 rings (SSSR count). The van der Waals surface area contributed by atoms with E-state index in [9.17, 15) is 4.39 Å². The van der Waals surface area contributed by atoms with E-state index >= 15 is 0 Å². The van der Waals surface area contributed by atoms with E-state index in [1.165, 1.54) is 83.5 Å². The van der Waals surface area contributed by atoms with Crippen LogP contribution in [-0.2, 0) is 0 Å². The molecular formula is C20H40F. The Morgan fingerprint density at radius 2 is 1.05 bits per heavy atom. The number of alkyl halides is 1. The van der Waals surface area contributed by atoms with Gasteiger partial charge in [-0.1, -0.05) is 104 Å². The summed E-state index contributed by atoms with van der Waals surface area (Å²) >= 11 is 0. The Balaban J connectivity index is 3.09. The van der Waals surface area contributed by atoms with E-state index in [-0.39, 0.29) is 0 Å². The summed E-state index contributed by atoms with van der Waals surface area (Å²) in [5.74, 6) is 0. The van der Waals surface area contributed by atoms with Gasteiger partial charge in [0.25, 0.3) is 0 Å². The molecular weight excluding hydrogens is 259 g/mol. The fraction of sp³-hybridized carbons (Fsp3) is 0.950. The van der Waals surface area contributed by atoms with Gasteiger partial charge in [-0.2, -0.15) is 0 Å². The average Bonchev–Trinajstić information content (AvgIpc) is 2.49. The second kappa shape index (κ2) is 18.0. The van der Waals surface area contributed by atoms with Crippen molar-refractivity contribution in [1.29, 1.82) is 0 Å². The van der Waals surface area contributed by atoms with Gasteiger partial charge in [-0.05, 0) is 19.3 Å². The van der Waals surface area contributed by atoms with Crippen molar-refractivity contribution in [1.82, 2.24) is 0 Å². The summed E-state index contributed by atoms with van der Waals surface area (Å²) < 4.78 is 13.6. The van der Waals surface area contributed by atoms with Crippen LogP contribution in [0.1, 0.15) is 117 Å². The van der Waals surface area contributed by atoms with Gasteiger partial charge < -0.3 is 0 Å². The molecule has 0 N–H and O–H groups in total. The van der Waals surface area contributed by atoms with Crippen molar-refractivity contribution in [2.24, 2.45) is 0 Å². The molecule has 0 fully saturated rings. The lowest BCUT2D eigenvalue weighted by Crippen LogP contribution is -2.01. The van der Waals surface area contributed by atoms with Crippen molar-refractivity contribution < 1.29 is 4.39 Å². The van der Waals surface area contributed by atoms with Gasteiger partial charge >= 0.3 is 0 Å². The molecule has 21 heavy (non-hydrogen) atoms. The normalized spacial score (nSPS) is 12.7. The summed E-state index contributed by atoms with van der Waals surface area (Å²) in [5, 5.41) is 0. The third-order valence-corrected chi connectivity index (χ3v) is 4.31. The molecule has 127 valence electrons. The van der Waals surface area contributed by atoms with E-state index in [1.807, 2.05) is 6.42 Å². The highest BCUT2D eigenvalue weighted by atomic mass is 19.1. The average molecular weight is 300 g/mol. The first kappa shape index (κ1) is 20.9. The number of rotatable bonds is 17. The fourth-order valence-electron chi connectivity index (χ4n) is 2.81. The molecule has 0 bridgehead atoms. The molecule has 1 atom stereocenters. The van der Waals surface area contributed by atoms with E-state index in [4.69, 9.17) is 0 Å². The Labute approximate surface area is 134 Å². The van der Waals surface area contributed by atoms with Crippen LogP contribution in [0, 0.1) is 6.42 Å². The van der Waals surface area contributed by atoms with Crippen molar-refractivity contribution in [3.05, 3.63) is 6.42 Å². The van der Waals surface area contributed by atoms with E-state index in [0.29, 0.717) is 0 Å². The lowest BCUT2D eigenvalue weighted by atomic mass is 10.0. The van der Waals surface area contributed by atoms with Gasteiger partial charge in [-0.25, -0.2) is 4.39 Å². The summed E-state index contributed by atoms with van der Waals surface area (Å²) in [5.41, 5.74) is 0. The topological polar surface area (TPSA) is 0 Å². The van der Waals surface area contributed by atoms with Crippen LogP contribution >= 0.6 is 0 Å². The predicted octanol–water partition coefficient (Wildman–Crippen LogP) is 7.81. The highest BCUT2D eigenvalue weighted by molar-refractivity contribution is 4.75. The van der Waals surface area contributed by atoms with Crippen LogP contribution in [0.4, 0.5) is 4.39 Å². The number of hydrogen-bond donors (Lipinski definition) is 0. The minimum absolute atomic E-state index is 0.652. The SMILES string of the molecule is CCCCCCCCCCC[CH]C(F)CCCCCCC. The molecule has 0 amide bonds. The zero-order valence-electron chi connectivity index (χ0n) is 14.8. The maximum Gasteiger partial charge on any atom is 0.103 e. The van der Waals surface area contributed by atoms with Gasteiger partial charge in [-0.15, -0.1) is 0 Å². The highest BCUT2D eigenvalue weighted by Gasteiger charge is 2.05. The minimum atomic E-state index is -0.652. The van der Waals surface area contributed by atoms with Crippen molar-refractivity contribution in [2.75, 3.05) is 0 Å². The van der Waals surface area contributed by atoms with Gasteiger partial charge in [0.1, 0.15) is 6.17 Å². The van der Waals surface area contributed by atoms with Crippen LogP contribution in [0.25, 0.3) is 0 Å². The Bertz CT molecular complexity index is 179. The van der Waals surface area contributed by atoms with Crippen LogP contribution in [-0.4, -0.2) is 6.17 Å². The van der Waals surface area contributed by atoms with Gasteiger partial charge in [0.15, 0.2) is 0 Å². The minimum Gasteiger partial charge on any atom is -0.247 e.